The van der Waals surface area contributed by atoms with E-state index in [4.69, 9.17) is 4.74 Å². The van der Waals surface area contributed by atoms with E-state index < -0.39 is 5.97 Å². The first-order valence-electron chi connectivity index (χ1n) is 6.84. The molecule has 4 nitrogen and oxygen atoms in total. The van der Waals surface area contributed by atoms with Gasteiger partial charge in [0.05, 0.1) is 12.7 Å². The number of aliphatic carboxylic acids is 1. The number of benzene rings is 2. The molecule has 3 aromatic rings. The second-order valence-electron chi connectivity index (χ2n) is 4.88. The maximum atomic E-state index is 11.6. The largest absolute Gasteiger partial charge is 0.497 e. The van der Waals surface area contributed by atoms with Gasteiger partial charge in [-0.3, -0.25) is 0 Å². The van der Waals surface area contributed by atoms with Crippen LogP contribution in [-0.4, -0.2) is 23.2 Å². The van der Waals surface area contributed by atoms with E-state index in [-0.39, 0.29) is 5.57 Å². The lowest BCUT2D eigenvalue weighted by Crippen LogP contribution is -1.99. The van der Waals surface area contributed by atoms with Crippen molar-refractivity contribution in [2.75, 3.05) is 7.11 Å². The number of carbonyl (C=O) groups is 1. The standard InChI is InChI=1S/C18H15NO3/c1-22-14-8-6-12(7-9-14)16(18(20)21)10-13-11-19-17-5-3-2-4-15(13)17/h2-11,19H,1H3,(H,20,21). The number of methoxy groups -OCH3 is 1. The molecule has 0 saturated carbocycles. The van der Waals surface area contributed by atoms with Crippen LogP contribution in [0.5, 0.6) is 5.75 Å². The van der Waals surface area contributed by atoms with Crippen molar-refractivity contribution in [2.24, 2.45) is 0 Å². The molecule has 2 aromatic carbocycles. The number of H-pyrrole nitrogens is 1. The summed E-state index contributed by atoms with van der Waals surface area (Å²) in [6.45, 7) is 0. The van der Waals surface area contributed by atoms with Crippen LogP contribution < -0.4 is 4.74 Å². The molecule has 0 aliphatic heterocycles. The summed E-state index contributed by atoms with van der Waals surface area (Å²) in [5.74, 6) is -0.268. The highest BCUT2D eigenvalue weighted by molar-refractivity contribution is 6.21. The molecule has 0 saturated heterocycles. The Morgan fingerprint density at radius 1 is 1.14 bits per heavy atom. The minimum atomic E-state index is -0.963. The van der Waals surface area contributed by atoms with E-state index >= 15 is 0 Å². The summed E-state index contributed by atoms with van der Waals surface area (Å²) in [6, 6.07) is 14.8. The molecule has 1 heterocycles. The van der Waals surface area contributed by atoms with Gasteiger partial charge in [-0.05, 0) is 29.8 Å². The molecule has 0 atom stereocenters. The summed E-state index contributed by atoms with van der Waals surface area (Å²) in [5, 5.41) is 10.5. The van der Waals surface area contributed by atoms with Gasteiger partial charge in [0.1, 0.15) is 5.75 Å². The molecule has 0 unspecified atom stereocenters. The molecule has 0 fully saturated rings. The third kappa shape index (κ3) is 2.59. The number of hydrogen-bond donors (Lipinski definition) is 2. The number of rotatable bonds is 4. The Balaban J connectivity index is 2.08. The van der Waals surface area contributed by atoms with Gasteiger partial charge in [-0.25, -0.2) is 4.79 Å². The Hall–Kier alpha value is -3.01. The van der Waals surface area contributed by atoms with E-state index in [2.05, 4.69) is 4.98 Å². The number of carboxylic acids is 1. The molecular weight excluding hydrogens is 278 g/mol. The second kappa shape index (κ2) is 5.77. The molecule has 0 aliphatic rings. The summed E-state index contributed by atoms with van der Waals surface area (Å²) in [5.41, 5.74) is 2.71. The van der Waals surface area contributed by atoms with Crippen LogP contribution in [0, 0.1) is 0 Å². The zero-order chi connectivity index (χ0) is 15.5. The first kappa shape index (κ1) is 13.9. The van der Waals surface area contributed by atoms with Crippen molar-refractivity contribution in [1.29, 1.82) is 0 Å². The zero-order valence-corrected chi connectivity index (χ0v) is 12.0. The van der Waals surface area contributed by atoms with Crippen LogP contribution in [0.3, 0.4) is 0 Å². The highest BCUT2D eigenvalue weighted by atomic mass is 16.5. The van der Waals surface area contributed by atoms with Crippen LogP contribution in [0.15, 0.2) is 54.7 Å². The lowest BCUT2D eigenvalue weighted by atomic mass is 10.0. The minimum absolute atomic E-state index is 0.243. The fraction of sp³-hybridized carbons (Fsp3) is 0.0556. The number of nitrogens with one attached hydrogen (secondary N) is 1. The van der Waals surface area contributed by atoms with E-state index in [0.29, 0.717) is 11.3 Å². The second-order valence-corrected chi connectivity index (χ2v) is 4.88. The van der Waals surface area contributed by atoms with Gasteiger partial charge in [-0.1, -0.05) is 30.3 Å². The molecule has 2 N–H and O–H groups in total. The third-order valence-corrected chi connectivity index (χ3v) is 3.55. The van der Waals surface area contributed by atoms with Gasteiger partial charge in [0.25, 0.3) is 0 Å². The number of para-hydroxylation sites is 1. The maximum absolute atomic E-state index is 11.6. The minimum Gasteiger partial charge on any atom is -0.497 e. The van der Waals surface area contributed by atoms with E-state index in [1.807, 2.05) is 30.5 Å². The number of carboxylic acid groups (broad SMARTS) is 1. The average Bonchev–Trinajstić information content (AvgIpc) is 2.95. The smallest absolute Gasteiger partial charge is 0.336 e. The van der Waals surface area contributed by atoms with E-state index in [1.54, 1.807) is 37.5 Å². The van der Waals surface area contributed by atoms with Crippen LogP contribution in [0.4, 0.5) is 0 Å². The predicted octanol–water partition coefficient (Wildman–Crippen LogP) is 3.80. The molecule has 110 valence electrons. The molecule has 1 aromatic heterocycles. The van der Waals surface area contributed by atoms with Crippen molar-refractivity contribution in [3.63, 3.8) is 0 Å². The molecular formula is C18H15NO3. The van der Waals surface area contributed by atoms with Crippen molar-refractivity contribution >= 4 is 28.5 Å². The Kier molecular flexibility index (Phi) is 3.66. The zero-order valence-electron chi connectivity index (χ0n) is 12.0. The summed E-state index contributed by atoms with van der Waals surface area (Å²) in [6.07, 6.45) is 3.50. The average molecular weight is 293 g/mol. The normalized spacial score (nSPS) is 11.6. The van der Waals surface area contributed by atoms with Crippen LogP contribution >= 0.6 is 0 Å². The van der Waals surface area contributed by atoms with Gasteiger partial charge in [0.2, 0.25) is 0 Å². The highest BCUT2D eigenvalue weighted by Crippen LogP contribution is 2.25. The number of hydrogen-bond acceptors (Lipinski definition) is 2. The summed E-state index contributed by atoms with van der Waals surface area (Å²) in [7, 11) is 1.58. The van der Waals surface area contributed by atoms with Crippen LogP contribution in [0.1, 0.15) is 11.1 Å². The Morgan fingerprint density at radius 3 is 2.55 bits per heavy atom. The number of fused-ring (bicyclic) bond motifs is 1. The lowest BCUT2D eigenvalue weighted by Gasteiger charge is -2.04. The van der Waals surface area contributed by atoms with Gasteiger partial charge in [-0.15, -0.1) is 0 Å². The van der Waals surface area contributed by atoms with E-state index in [9.17, 15) is 9.90 Å². The number of aromatic amines is 1. The number of ether oxygens (including phenoxy) is 1. The van der Waals surface area contributed by atoms with Crippen LogP contribution in [-0.2, 0) is 4.79 Å². The van der Waals surface area contributed by atoms with Crippen LogP contribution in [0.25, 0.3) is 22.6 Å². The molecule has 3 rings (SSSR count). The van der Waals surface area contributed by atoms with Crippen molar-refractivity contribution in [3.8, 4) is 5.75 Å². The molecule has 0 spiro atoms. The Bertz CT molecular complexity index is 844. The first-order chi connectivity index (χ1) is 10.7. The molecule has 0 amide bonds. The molecule has 0 aliphatic carbocycles. The monoisotopic (exact) mass is 293 g/mol. The van der Waals surface area contributed by atoms with Crippen molar-refractivity contribution < 1.29 is 14.6 Å². The van der Waals surface area contributed by atoms with Crippen LogP contribution in [0.2, 0.25) is 0 Å². The third-order valence-electron chi connectivity index (χ3n) is 3.55. The van der Waals surface area contributed by atoms with Gasteiger partial charge in [0.15, 0.2) is 0 Å². The van der Waals surface area contributed by atoms with Gasteiger partial charge in [-0.2, -0.15) is 0 Å². The fourth-order valence-corrected chi connectivity index (χ4v) is 2.41. The lowest BCUT2D eigenvalue weighted by molar-refractivity contribution is -0.130. The Labute approximate surface area is 127 Å². The van der Waals surface area contributed by atoms with Gasteiger partial charge < -0.3 is 14.8 Å². The van der Waals surface area contributed by atoms with Crippen molar-refractivity contribution in [3.05, 3.63) is 65.9 Å². The SMILES string of the molecule is COc1ccc(C(=Cc2c[nH]c3ccccc23)C(=O)O)cc1. The van der Waals surface area contributed by atoms with Crippen molar-refractivity contribution in [1.82, 2.24) is 4.98 Å². The number of aromatic nitrogens is 1. The van der Waals surface area contributed by atoms with E-state index in [0.717, 1.165) is 16.5 Å². The molecule has 4 heteroatoms. The van der Waals surface area contributed by atoms with Gasteiger partial charge >= 0.3 is 5.97 Å². The van der Waals surface area contributed by atoms with Gasteiger partial charge in [0, 0.05) is 22.7 Å². The topological polar surface area (TPSA) is 62.3 Å². The molecule has 0 bridgehead atoms. The Morgan fingerprint density at radius 2 is 1.86 bits per heavy atom. The summed E-state index contributed by atoms with van der Waals surface area (Å²) in [4.78, 5) is 14.8. The van der Waals surface area contributed by atoms with E-state index in [1.165, 1.54) is 0 Å². The molecule has 22 heavy (non-hydrogen) atoms. The summed E-state index contributed by atoms with van der Waals surface area (Å²) >= 11 is 0. The first-order valence-corrected chi connectivity index (χ1v) is 6.84. The predicted molar refractivity (Wildman–Crippen MR) is 86.8 cm³/mol. The summed E-state index contributed by atoms with van der Waals surface area (Å²) < 4.78 is 5.10. The fourth-order valence-electron chi connectivity index (χ4n) is 2.41. The highest BCUT2D eigenvalue weighted by Gasteiger charge is 2.12. The maximum Gasteiger partial charge on any atom is 0.336 e. The molecule has 0 radical (unpaired) electrons. The quantitative estimate of drug-likeness (QED) is 0.719. The van der Waals surface area contributed by atoms with Crippen molar-refractivity contribution in [2.45, 2.75) is 0 Å².